The summed E-state index contributed by atoms with van der Waals surface area (Å²) in [4.78, 5) is 21.6. The van der Waals surface area contributed by atoms with E-state index >= 15 is 0 Å². The second kappa shape index (κ2) is 6.62. The van der Waals surface area contributed by atoms with Crippen molar-refractivity contribution in [2.24, 2.45) is 5.92 Å². The van der Waals surface area contributed by atoms with E-state index in [0.717, 1.165) is 44.5 Å². The fourth-order valence-electron chi connectivity index (χ4n) is 4.36. The van der Waals surface area contributed by atoms with Crippen molar-refractivity contribution in [3.63, 3.8) is 0 Å². The molecule has 0 bridgehead atoms. The van der Waals surface area contributed by atoms with Crippen LogP contribution in [0, 0.1) is 5.92 Å². The highest BCUT2D eigenvalue weighted by atomic mass is 16.7. The molecule has 3 aliphatic rings. The van der Waals surface area contributed by atoms with Gasteiger partial charge in [-0.15, -0.1) is 0 Å². The maximum absolute atomic E-state index is 13.3. The first-order valence-electron chi connectivity index (χ1n) is 9.12. The Kier molecular flexibility index (Phi) is 4.36. The average Bonchev–Trinajstić information content (AvgIpc) is 3.02. The fraction of sp³-hybridized carbons (Fsp3) is 0.632. The largest absolute Gasteiger partial charge is 0.342 e. The topological polar surface area (TPSA) is 32.8 Å². The first kappa shape index (κ1) is 15.2. The number of fused-ring (bicyclic) bond motifs is 1. The molecule has 4 nitrogen and oxygen atoms in total. The van der Waals surface area contributed by atoms with Crippen LogP contribution in [-0.4, -0.2) is 41.5 Å². The van der Waals surface area contributed by atoms with Crippen molar-refractivity contribution < 1.29 is 9.63 Å². The molecule has 0 aromatic heterocycles. The van der Waals surface area contributed by atoms with Gasteiger partial charge in [0.1, 0.15) is 6.10 Å². The quantitative estimate of drug-likeness (QED) is 0.840. The molecule has 3 heterocycles. The molecule has 3 fully saturated rings. The average molecular weight is 314 g/mol. The Morgan fingerprint density at radius 2 is 1.70 bits per heavy atom. The number of nitrogens with zero attached hydrogens (tertiary/aromatic N) is 2. The molecule has 0 N–H and O–H groups in total. The molecule has 0 radical (unpaired) electrons. The van der Waals surface area contributed by atoms with Crippen LogP contribution in [-0.2, 0) is 9.63 Å². The maximum Gasteiger partial charge on any atom is 0.230 e. The molecule has 4 heteroatoms. The van der Waals surface area contributed by atoms with E-state index in [1.165, 1.54) is 19.3 Å². The van der Waals surface area contributed by atoms with E-state index in [0.29, 0.717) is 5.91 Å². The van der Waals surface area contributed by atoms with Crippen LogP contribution in [0.15, 0.2) is 30.3 Å². The van der Waals surface area contributed by atoms with Crippen molar-refractivity contribution in [3.05, 3.63) is 35.9 Å². The smallest absolute Gasteiger partial charge is 0.230 e. The van der Waals surface area contributed by atoms with E-state index in [9.17, 15) is 4.79 Å². The predicted octanol–water partition coefficient (Wildman–Crippen LogP) is 3.16. The van der Waals surface area contributed by atoms with Crippen LogP contribution in [0.3, 0.4) is 0 Å². The van der Waals surface area contributed by atoms with Crippen LogP contribution < -0.4 is 0 Å². The Labute approximate surface area is 138 Å². The Morgan fingerprint density at radius 1 is 0.957 bits per heavy atom. The van der Waals surface area contributed by atoms with Gasteiger partial charge in [-0.2, -0.15) is 5.06 Å². The van der Waals surface area contributed by atoms with E-state index in [4.69, 9.17) is 4.84 Å². The second-order valence-electron chi connectivity index (χ2n) is 7.05. The van der Waals surface area contributed by atoms with Gasteiger partial charge >= 0.3 is 0 Å². The highest BCUT2D eigenvalue weighted by Crippen LogP contribution is 2.43. The van der Waals surface area contributed by atoms with Crippen molar-refractivity contribution in [1.29, 1.82) is 0 Å². The molecular formula is C19H26N2O2. The zero-order chi connectivity index (χ0) is 15.6. The molecule has 3 aliphatic heterocycles. The molecule has 1 aromatic carbocycles. The summed E-state index contributed by atoms with van der Waals surface area (Å²) in [5, 5.41) is 2.10. The summed E-state index contributed by atoms with van der Waals surface area (Å²) in [5.41, 5.74) is 1.14. The van der Waals surface area contributed by atoms with Gasteiger partial charge in [0.05, 0.1) is 5.92 Å². The molecule has 4 rings (SSSR count). The fourth-order valence-corrected chi connectivity index (χ4v) is 4.36. The number of likely N-dealkylation sites (tertiary alicyclic amines) is 1. The third kappa shape index (κ3) is 2.90. The van der Waals surface area contributed by atoms with Crippen LogP contribution in [0.1, 0.15) is 50.2 Å². The van der Waals surface area contributed by atoms with Crippen molar-refractivity contribution >= 4 is 5.91 Å². The van der Waals surface area contributed by atoms with Gasteiger partial charge in [0, 0.05) is 25.7 Å². The number of piperidine rings is 2. The summed E-state index contributed by atoms with van der Waals surface area (Å²) >= 11 is 0. The summed E-state index contributed by atoms with van der Waals surface area (Å²) in [5.74, 6) is 0.267. The van der Waals surface area contributed by atoms with Crippen LogP contribution in [0.5, 0.6) is 0 Å². The minimum absolute atomic E-state index is 0.0456. The van der Waals surface area contributed by atoms with E-state index in [1.54, 1.807) is 0 Å². The lowest BCUT2D eigenvalue weighted by Crippen LogP contribution is -2.46. The third-order valence-corrected chi connectivity index (χ3v) is 5.57. The zero-order valence-electron chi connectivity index (χ0n) is 13.7. The lowest BCUT2D eigenvalue weighted by Gasteiger charge is -2.34. The normalized spacial score (nSPS) is 31.8. The van der Waals surface area contributed by atoms with Gasteiger partial charge in [0.15, 0.2) is 0 Å². The van der Waals surface area contributed by atoms with Crippen LogP contribution in [0.4, 0.5) is 0 Å². The van der Waals surface area contributed by atoms with Gasteiger partial charge in [-0.05, 0) is 37.7 Å². The van der Waals surface area contributed by atoms with E-state index in [1.807, 2.05) is 18.2 Å². The second-order valence-corrected chi connectivity index (χ2v) is 7.05. The summed E-state index contributed by atoms with van der Waals surface area (Å²) < 4.78 is 0. The number of rotatable bonds is 2. The molecule has 0 saturated carbocycles. The predicted molar refractivity (Wildman–Crippen MR) is 88.5 cm³/mol. The third-order valence-electron chi connectivity index (χ3n) is 5.57. The van der Waals surface area contributed by atoms with E-state index < -0.39 is 0 Å². The van der Waals surface area contributed by atoms with Gasteiger partial charge in [0.2, 0.25) is 5.91 Å². The van der Waals surface area contributed by atoms with Crippen molar-refractivity contribution in [1.82, 2.24) is 9.96 Å². The molecule has 1 amide bonds. The molecule has 1 aromatic rings. The minimum Gasteiger partial charge on any atom is -0.342 e. The molecule has 0 aliphatic carbocycles. The zero-order valence-corrected chi connectivity index (χ0v) is 13.7. The lowest BCUT2D eigenvalue weighted by molar-refractivity contribution is -0.173. The van der Waals surface area contributed by atoms with Gasteiger partial charge in [-0.3, -0.25) is 9.63 Å². The maximum atomic E-state index is 13.3. The monoisotopic (exact) mass is 314 g/mol. The molecule has 3 saturated heterocycles. The molecular weight excluding hydrogens is 288 g/mol. The highest BCUT2D eigenvalue weighted by molar-refractivity contribution is 5.81. The lowest BCUT2D eigenvalue weighted by atomic mass is 9.85. The SMILES string of the molecule is O=C([C@H]1[C@H](c2ccccc2)ON2CCCC[C@@H]12)N1CCCCC1. The summed E-state index contributed by atoms with van der Waals surface area (Å²) in [6, 6.07) is 10.5. The molecule has 124 valence electrons. The van der Waals surface area contributed by atoms with Crippen molar-refractivity contribution in [2.75, 3.05) is 19.6 Å². The number of amides is 1. The molecule has 3 atom stereocenters. The summed E-state index contributed by atoms with van der Waals surface area (Å²) in [7, 11) is 0. The van der Waals surface area contributed by atoms with Crippen LogP contribution in [0.2, 0.25) is 0 Å². The van der Waals surface area contributed by atoms with Crippen LogP contribution in [0.25, 0.3) is 0 Å². The molecule has 0 spiro atoms. The Hall–Kier alpha value is -1.39. The van der Waals surface area contributed by atoms with Gasteiger partial charge in [-0.1, -0.05) is 36.8 Å². The molecule has 0 unspecified atom stereocenters. The number of carbonyl (C=O) groups is 1. The Morgan fingerprint density at radius 3 is 2.48 bits per heavy atom. The number of hydrogen-bond donors (Lipinski definition) is 0. The van der Waals surface area contributed by atoms with Crippen molar-refractivity contribution in [3.8, 4) is 0 Å². The number of hydroxylamine groups is 2. The van der Waals surface area contributed by atoms with Crippen molar-refractivity contribution in [2.45, 2.75) is 50.7 Å². The number of carbonyl (C=O) groups excluding carboxylic acids is 1. The van der Waals surface area contributed by atoms with Gasteiger partial charge in [-0.25, -0.2) is 0 Å². The summed E-state index contributed by atoms with van der Waals surface area (Å²) in [6.45, 7) is 2.80. The first-order chi connectivity index (χ1) is 11.3. The van der Waals surface area contributed by atoms with E-state index in [2.05, 4.69) is 22.1 Å². The minimum atomic E-state index is -0.117. The Balaban J connectivity index is 1.62. The molecule has 23 heavy (non-hydrogen) atoms. The Bertz CT molecular complexity index is 542. The van der Waals surface area contributed by atoms with Gasteiger partial charge in [0.25, 0.3) is 0 Å². The highest BCUT2D eigenvalue weighted by Gasteiger charge is 2.49. The standard InChI is InChI=1S/C19H26N2O2/c22-19(20-12-6-2-7-13-20)17-16-11-5-8-14-21(16)23-18(17)15-9-3-1-4-10-15/h1,3-4,9-10,16-18H,2,5-8,11-14H2/t16-,17+,18-/m0/s1. The summed E-state index contributed by atoms with van der Waals surface area (Å²) in [6.07, 6.45) is 6.87. The number of hydrogen-bond acceptors (Lipinski definition) is 3. The number of benzene rings is 1. The van der Waals surface area contributed by atoms with E-state index in [-0.39, 0.29) is 18.1 Å². The van der Waals surface area contributed by atoms with Gasteiger partial charge < -0.3 is 4.90 Å². The van der Waals surface area contributed by atoms with Crippen LogP contribution >= 0.6 is 0 Å². The first-order valence-corrected chi connectivity index (χ1v) is 9.12.